The second-order valence-corrected chi connectivity index (χ2v) is 7.63. The SMILES string of the molecule is CC(C)NCCCS(=O)(=O)N1CCCCCC1C. The van der Waals surface area contributed by atoms with Gasteiger partial charge in [0.15, 0.2) is 0 Å². The monoisotopic (exact) mass is 276 g/mol. The standard InChI is InChI=1S/C13H28N2O2S/c1-12(2)14-9-7-11-18(16,17)15-10-6-4-5-8-13(15)3/h12-14H,4-11H2,1-3H3. The second-order valence-electron chi connectivity index (χ2n) is 5.59. The van der Waals surface area contributed by atoms with Crippen LogP contribution in [-0.4, -0.2) is 43.6 Å². The Labute approximate surface area is 112 Å². The molecule has 1 unspecified atom stereocenters. The Morgan fingerprint density at radius 2 is 2.00 bits per heavy atom. The fourth-order valence-corrected chi connectivity index (χ4v) is 4.23. The van der Waals surface area contributed by atoms with Gasteiger partial charge in [-0.3, -0.25) is 0 Å². The van der Waals surface area contributed by atoms with Crippen LogP contribution in [0.5, 0.6) is 0 Å². The molecule has 0 aromatic carbocycles. The molecule has 0 aromatic heterocycles. The van der Waals surface area contributed by atoms with Crippen molar-refractivity contribution in [1.82, 2.24) is 9.62 Å². The van der Waals surface area contributed by atoms with E-state index in [1.165, 1.54) is 0 Å². The first-order chi connectivity index (χ1) is 8.43. The summed E-state index contributed by atoms with van der Waals surface area (Å²) < 4.78 is 26.3. The van der Waals surface area contributed by atoms with Crippen molar-refractivity contribution in [2.45, 2.75) is 65.0 Å². The van der Waals surface area contributed by atoms with E-state index in [0.29, 0.717) is 19.0 Å². The highest BCUT2D eigenvalue weighted by Gasteiger charge is 2.27. The molecule has 1 heterocycles. The van der Waals surface area contributed by atoms with Crippen LogP contribution in [0.4, 0.5) is 0 Å². The molecule has 0 amide bonds. The van der Waals surface area contributed by atoms with Gasteiger partial charge < -0.3 is 5.32 Å². The third kappa shape index (κ3) is 5.24. The van der Waals surface area contributed by atoms with Crippen molar-refractivity contribution in [2.75, 3.05) is 18.8 Å². The number of rotatable bonds is 6. The first-order valence-electron chi connectivity index (χ1n) is 7.16. The fraction of sp³-hybridized carbons (Fsp3) is 1.00. The van der Waals surface area contributed by atoms with Crippen molar-refractivity contribution in [3.63, 3.8) is 0 Å². The highest BCUT2D eigenvalue weighted by atomic mass is 32.2. The molecule has 1 aliphatic heterocycles. The molecule has 108 valence electrons. The van der Waals surface area contributed by atoms with E-state index in [1.807, 2.05) is 6.92 Å². The highest BCUT2D eigenvalue weighted by Crippen LogP contribution is 2.20. The van der Waals surface area contributed by atoms with Crippen LogP contribution in [0.2, 0.25) is 0 Å². The van der Waals surface area contributed by atoms with Crippen molar-refractivity contribution in [2.24, 2.45) is 0 Å². The molecule has 1 fully saturated rings. The molecular formula is C13H28N2O2S. The molecule has 4 nitrogen and oxygen atoms in total. The Balaban J connectivity index is 2.45. The van der Waals surface area contributed by atoms with Gasteiger partial charge in [-0.2, -0.15) is 4.31 Å². The van der Waals surface area contributed by atoms with E-state index < -0.39 is 10.0 Å². The largest absolute Gasteiger partial charge is 0.314 e. The third-order valence-electron chi connectivity index (χ3n) is 3.48. The van der Waals surface area contributed by atoms with Crippen LogP contribution >= 0.6 is 0 Å². The maximum Gasteiger partial charge on any atom is 0.214 e. The lowest BCUT2D eigenvalue weighted by Gasteiger charge is -2.26. The normalized spacial score (nSPS) is 23.2. The van der Waals surface area contributed by atoms with Gasteiger partial charge >= 0.3 is 0 Å². The van der Waals surface area contributed by atoms with E-state index >= 15 is 0 Å². The van der Waals surface area contributed by atoms with Gasteiger partial charge in [0.25, 0.3) is 0 Å². The predicted octanol–water partition coefficient (Wildman–Crippen LogP) is 1.97. The zero-order valence-electron chi connectivity index (χ0n) is 12.0. The molecule has 1 rings (SSSR count). The van der Waals surface area contributed by atoms with Crippen LogP contribution in [0.3, 0.4) is 0 Å². The van der Waals surface area contributed by atoms with Crippen LogP contribution in [0.15, 0.2) is 0 Å². The minimum absolute atomic E-state index is 0.176. The first-order valence-corrected chi connectivity index (χ1v) is 8.77. The Bertz CT molecular complexity index is 328. The lowest BCUT2D eigenvalue weighted by Crippen LogP contribution is -2.40. The minimum atomic E-state index is -3.06. The second kappa shape index (κ2) is 7.46. The molecule has 1 saturated heterocycles. The average Bonchev–Trinajstić information content (AvgIpc) is 2.49. The summed E-state index contributed by atoms with van der Waals surface area (Å²) in [5, 5.41) is 3.26. The van der Waals surface area contributed by atoms with Gasteiger partial charge in [0.1, 0.15) is 0 Å². The summed E-state index contributed by atoms with van der Waals surface area (Å²) in [6, 6.07) is 0.598. The summed E-state index contributed by atoms with van der Waals surface area (Å²) in [5.74, 6) is 0.275. The van der Waals surface area contributed by atoms with Crippen molar-refractivity contribution in [3.8, 4) is 0 Å². The van der Waals surface area contributed by atoms with Gasteiger partial charge in [0, 0.05) is 18.6 Å². The molecule has 18 heavy (non-hydrogen) atoms. The number of hydrogen-bond acceptors (Lipinski definition) is 3. The van der Waals surface area contributed by atoms with Gasteiger partial charge in [-0.25, -0.2) is 8.42 Å². The van der Waals surface area contributed by atoms with Crippen molar-refractivity contribution in [1.29, 1.82) is 0 Å². The minimum Gasteiger partial charge on any atom is -0.314 e. The highest BCUT2D eigenvalue weighted by molar-refractivity contribution is 7.89. The van der Waals surface area contributed by atoms with Crippen LogP contribution in [0.25, 0.3) is 0 Å². The van der Waals surface area contributed by atoms with E-state index in [9.17, 15) is 8.42 Å². The van der Waals surface area contributed by atoms with Gasteiger partial charge in [-0.1, -0.05) is 26.7 Å². The maximum absolute atomic E-state index is 12.3. The number of hydrogen-bond donors (Lipinski definition) is 1. The fourth-order valence-electron chi connectivity index (χ4n) is 2.42. The molecular weight excluding hydrogens is 248 g/mol. The number of nitrogens with zero attached hydrogens (tertiary/aromatic N) is 1. The van der Waals surface area contributed by atoms with Crippen molar-refractivity contribution in [3.05, 3.63) is 0 Å². The van der Waals surface area contributed by atoms with Crippen LogP contribution in [-0.2, 0) is 10.0 Å². The van der Waals surface area contributed by atoms with Gasteiger partial charge in [0.2, 0.25) is 10.0 Å². The smallest absolute Gasteiger partial charge is 0.214 e. The molecule has 1 aliphatic rings. The van der Waals surface area contributed by atoms with Crippen LogP contribution < -0.4 is 5.32 Å². The zero-order chi connectivity index (χ0) is 13.6. The Kier molecular flexibility index (Phi) is 6.60. The summed E-state index contributed by atoms with van der Waals surface area (Å²) >= 11 is 0. The van der Waals surface area contributed by atoms with E-state index in [1.54, 1.807) is 4.31 Å². The Morgan fingerprint density at radius 1 is 1.28 bits per heavy atom. The van der Waals surface area contributed by atoms with Crippen molar-refractivity contribution >= 4 is 10.0 Å². The first kappa shape index (κ1) is 15.9. The lowest BCUT2D eigenvalue weighted by atomic mass is 10.1. The van der Waals surface area contributed by atoms with Gasteiger partial charge in [0.05, 0.1) is 5.75 Å². The van der Waals surface area contributed by atoms with E-state index in [2.05, 4.69) is 19.2 Å². The topological polar surface area (TPSA) is 49.4 Å². The van der Waals surface area contributed by atoms with Crippen LogP contribution in [0.1, 0.15) is 52.9 Å². The molecule has 0 aliphatic carbocycles. The Hall–Kier alpha value is -0.130. The summed E-state index contributed by atoms with van der Waals surface area (Å²) in [4.78, 5) is 0. The van der Waals surface area contributed by atoms with Gasteiger partial charge in [-0.15, -0.1) is 0 Å². The van der Waals surface area contributed by atoms with E-state index in [-0.39, 0.29) is 11.8 Å². The molecule has 0 aromatic rings. The maximum atomic E-state index is 12.3. The molecule has 0 saturated carbocycles. The number of nitrogens with one attached hydrogen (secondary N) is 1. The predicted molar refractivity (Wildman–Crippen MR) is 76.2 cm³/mol. The summed E-state index contributed by atoms with van der Waals surface area (Å²) in [5.41, 5.74) is 0. The molecule has 5 heteroatoms. The molecule has 0 radical (unpaired) electrons. The van der Waals surface area contributed by atoms with E-state index in [0.717, 1.165) is 32.2 Å². The lowest BCUT2D eigenvalue weighted by molar-refractivity contribution is 0.341. The molecule has 0 bridgehead atoms. The molecule has 0 spiro atoms. The third-order valence-corrected chi connectivity index (χ3v) is 5.54. The average molecular weight is 276 g/mol. The summed E-state index contributed by atoms with van der Waals surface area (Å²) in [6.07, 6.45) is 5.02. The van der Waals surface area contributed by atoms with Crippen LogP contribution in [0, 0.1) is 0 Å². The molecule has 1 atom stereocenters. The van der Waals surface area contributed by atoms with Gasteiger partial charge in [-0.05, 0) is 32.7 Å². The summed E-state index contributed by atoms with van der Waals surface area (Å²) in [7, 11) is -3.06. The van der Waals surface area contributed by atoms with E-state index in [4.69, 9.17) is 0 Å². The summed E-state index contributed by atoms with van der Waals surface area (Å²) in [6.45, 7) is 7.67. The number of sulfonamides is 1. The Morgan fingerprint density at radius 3 is 2.67 bits per heavy atom. The van der Waals surface area contributed by atoms with Crippen molar-refractivity contribution < 1.29 is 8.42 Å². The quantitative estimate of drug-likeness (QED) is 0.755. The molecule has 1 N–H and O–H groups in total. The zero-order valence-corrected chi connectivity index (χ0v) is 12.8.